The molecule has 6 N–H and O–H groups in total. The van der Waals surface area contributed by atoms with Crippen LogP contribution in [0.1, 0.15) is 32.1 Å². The minimum Gasteiger partial charge on any atom is -0.370 e. The lowest BCUT2D eigenvalue weighted by molar-refractivity contribution is 0.228. The maximum atomic E-state index is 6.43. The van der Waals surface area contributed by atoms with Crippen molar-refractivity contribution in [2.24, 2.45) is 22.4 Å². The molecule has 3 aliphatic rings. The van der Waals surface area contributed by atoms with E-state index in [1.165, 1.54) is 25.7 Å². The molecule has 0 aromatic rings. The zero-order valence-electron chi connectivity index (χ0n) is 12.2. The van der Waals surface area contributed by atoms with Crippen LogP contribution in [0.15, 0.2) is 16.9 Å². The highest BCUT2D eigenvalue weighted by atomic mass is 15.3. The lowest BCUT2D eigenvalue weighted by Gasteiger charge is -2.39. The van der Waals surface area contributed by atoms with Gasteiger partial charge >= 0.3 is 0 Å². The lowest BCUT2D eigenvalue weighted by atomic mass is 10.0. The first-order valence-electron chi connectivity index (χ1n) is 7.64. The summed E-state index contributed by atoms with van der Waals surface area (Å²) in [5, 5.41) is 6.54. The summed E-state index contributed by atoms with van der Waals surface area (Å²) in [4.78, 5) is 6.76. The molecule has 3 rings (SSSR count). The van der Waals surface area contributed by atoms with Crippen LogP contribution in [0, 0.1) is 5.92 Å². The summed E-state index contributed by atoms with van der Waals surface area (Å²) < 4.78 is 0. The van der Waals surface area contributed by atoms with Crippen LogP contribution in [0.3, 0.4) is 0 Å². The van der Waals surface area contributed by atoms with Crippen LogP contribution >= 0.6 is 0 Å². The highest BCUT2D eigenvalue weighted by Gasteiger charge is 2.36. The molecule has 0 aromatic heterocycles. The first-order valence-corrected chi connectivity index (χ1v) is 7.64. The lowest BCUT2D eigenvalue weighted by Crippen LogP contribution is -2.53. The van der Waals surface area contributed by atoms with Gasteiger partial charge in [0.2, 0.25) is 0 Å². The average Bonchev–Trinajstić information content (AvgIpc) is 3.21. The number of rotatable bonds is 4. The molecular formula is C14H26N6. The Morgan fingerprint density at radius 3 is 3.00 bits per heavy atom. The predicted octanol–water partition coefficient (Wildman–Crippen LogP) is -0.115. The molecular weight excluding hydrogens is 252 g/mol. The highest BCUT2D eigenvalue weighted by molar-refractivity contribution is 5.81. The molecule has 112 valence electrons. The van der Waals surface area contributed by atoms with Crippen LogP contribution in [0.25, 0.3) is 0 Å². The molecule has 1 saturated heterocycles. The van der Waals surface area contributed by atoms with Gasteiger partial charge in [0.05, 0.1) is 0 Å². The van der Waals surface area contributed by atoms with Gasteiger partial charge in [0.25, 0.3) is 0 Å². The molecule has 2 unspecified atom stereocenters. The van der Waals surface area contributed by atoms with Crippen molar-refractivity contribution in [3.63, 3.8) is 0 Å². The van der Waals surface area contributed by atoms with E-state index in [-0.39, 0.29) is 0 Å². The third-order valence-corrected chi connectivity index (χ3v) is 4.45. The molecule has 0 amide bonds. The van der Waals surface area contributed by atoms with Gasteiger partial charge in [0.15, 0.2) is 5.96 Å². The summed E-state index contributed by atoms with van der Waals surface area (Å²) in [6, 6.07) is 0.530. The number of hydrogen-bond donors (Lipinski definition) is 4. The Balaban J connectivity index is 1.74. The number of guanidine groups is 1. The van der Waals surface area contributed by atoms with E-state index < -0.39 is 5.66 Å². The van der Waals surface area contributed by atoms with Crippen molar-refractivity contribution in [2.45, 2.75) is 43.8 Å². The number of nitrogens with one attached hydrogen (secondary N) is 2. The van der Waals surface area contributed by atoms with Gasteiger partial charge in [0.1, 0.15) is 11.5 Å². The first-order chi connectivity index (χ1) is 9.58. The Morgan fingerprint density at radius 1 is 1.50 bits per heavy atom. The van der Waals surface area contributed by atoms with E-state index >= 15 is 0 Å². The Labute approximate surface area is 120 Å². The van der Waals surface area contributed by atoms with Crippen molar-refractivity contribution in [1.29, 1.82) is 0 Å². The van der Waals surface area contributed by atoms with Gasteiger partial charge in [-0.3, -0.25) is 0 Å². The normalized spacial score (nSPS) is 34.3. The van der Waals surface area contributed by atoms with E-state index in [1.54, 1.807) is 0 Å². The molecule has 0 spiro atoms. The fraction of sp³-hybridized carbons (Fsp3) is 0.786. The van der Waals surface area contributed by atoms with E-state index in [4.69, 9.17) is 11.5 Å². The van der Waals surface area contributed by atoms with Crippen LogP contribution in [0.5, 0.6) is 0 Å². The summed E-state index contributed by atoms with van der Waals surface area (Å²) >= 11 is 0. The monoisotopic (exact) mass is 278 g/mol. The number of piperidine rings is 1. The number of hydrogen-bond acceptors (Lipinski definition) is 6. The van der Waals surface area contributed by atoms with E-state index in [0.29, 0.717) is 12.0 Å². The zero-order chi connectivity index (χ0) is 14.2. The summed E-state index contributed by atoms with van der Waals surface area (Å²) in [7, 11) is 2.02. The van der Waals surface area contributed by atoms with Crippen LogP contribution in [0.4, 0.5) is 0 Å². The molecule has 0 bridgehead atoms. The Hall–Kier alpha value is -1.27. The summed E-state index contributed by atoms with van der Waals surface area (Å²) in [6.45, 7) is 2.03. The second-order valence-corrected chi connectivity index (χ2v) is 6.36. The third-order valence-electron chi connectivity index (χ3n) is 4.45. The van der Waals surface area contributed by atoms with Crippen molar-refractivity contribution in [1.82, 2.24) is 15.5 Å². The zero-order valence-corrected chi connectivity index (χ0v) is 12.2. The maximum Gasteiger partial charge on any atom is 0.196 e. The molecule has 6 nitrogen and oxygen atoms in total. The SMILES string of the molecule is CNC1CCCN(C2=CC(N)(CC3CC3)N=C(N)N2)C1. The van der Waals surface area contributed by atoms with Crippen LogP contribution in [0.2, 0.25) is 0 Å². The Bertz CT molecular complexity index is 427. The van der Waals surface area contributed by atoms with Gasteiger partial charge in [-0.2, -0.15) is 0 Å². The third kappa shape index (κ3) is 3.07. The minimum absolute atomic E-state index is 0.442. The van der Waals surface area contributed by atoms with Gasteiger partial charge in [-0.15, -0.1) is 0 Å². The highest BCUT2D eigenvalue weighted by Crippen LogP contribution is 2.37. The van der Waals surface area contributed by atoms with Crippen LogP contribution in [-0.4, -0.2) is 42.7 Å². The second kappa shape index (κ2) is 5.26. The average molecular weight is 278 g/mol. The standard InChI is InChI=1S/C14H26N6/c1-17-11-3-2-6-20(9-11)12-8-14(16,7-10-4-5-10)19-13(15)18-12/h8,10-11,17H,2-7,9,16H2,1H3,(H3,15,18,19). The summed E-state index contributed by atoms with van der Waals surface area (Å²) in [5.41, 5.74) is 11.7. The number of aliphatic imine (C=N–C) groups is 1. The molecule has 1 aliphatic carbocycles. The van der Waals surface area contributed by atoms with Crippen molar-refractivity contribution in [2.75, 3.05) is 20.1 Å². The van der Waals surface area contributed by atoms with Crippen LogP contribution < -0.4 is 22.1 Å². The number of nitrogens with two attached hydrogens (primary N) is 2. The van der Waals surface area contributed by atoms with Crippen LogP contribution in [-0.2, 0) is 0 Å². The molecule has 20 heavy (non-hydrogen) atoms. The maximum absolute atomic E-state index is 6.43. The fourth-order valence-electron chi connectivity index (χ4n) is 3.18. The molecule has 1 saturated carbocycles. The molecule has 2 atom stereocenters. The Morgan fingerprint density at radius 2 is 2.30 bits per heavy atom. The van der Waals surface area contributed by atoms with Crippen molar-refractivity contribution in [3.8, 4) is 0 Å². The molecule has 0 aromatic carbocycles. The molecule has 2 aliphatic heterocycles. The van der Waals surface area contributed by atoms with Gasteiger partial charge < -0.3 is 27.0 Å². The molecule has 2 fully saturated rings. The van der Waals surface area contributed by atoms with Gasteiger partial charge in [-0.05, 0) is 38.3 Å². The van der Waals surface area contributed by atoms with E-state index in [1.807, 2.05) is 7.05 Å². The van der Waals surface area contributed by atoms with Crippen molar-refractivity contribution < 1.29 is 0 Å². The predicted molar refractivity (Wildman–Crippen MR) is 80.8 cm³/mol. The topological polar surface area (TPSA) is 91.7 Å². The largest absolute Gasteiger partial charge is 0.370 e. The van der Waals surface area contributed by atoms with E-state index in [9.17, 15) is 0 Å². The number of likely N-dealkylation sites (tertiary alicyclic amines) is 1. The smallest absolute Gasteiger partial charge is 0.196 e. The van der Waals surface area contributed by atoms with Crippen molar-refractivity contribution >= 4 is 5.96 Å². The van der Waals surface area contributed by atoms with E-state index in [0.717, 1.165) is 31.2 Å². The Kier molecular flexibility index (Phi) is 3.60. The first kappa shape index (κ1) is 13.7. The molecule has 0 radical (unpaired) electrons. The molecule has 6 heteroatoms. The fourth-order valence-corrected chi connectivity index (χ4v) is 3.18. The second-order valence-electron chi connectivity index (χ2n) is 6.36. The van der Waals surface area contributed by atoms with E-state index in [2.05, 4.69) is 26.6 Å². The number of nitrogens with zero attached hydrogens (tertiary/aromatic N) is 2. The van der Waals surface area contributed by atoms with Gasteiger partial charge in [-0.25, -0.2) is 4.99 Å². The van der Waals surface area contributed by atoms with Crippen molar-refractivity contribution in [3.05, 3.63) is 11.9 Å². The van der Waals surface area contributed by atoms with Gasteiger partial charge in [-0.1, -0.05) is 12.8 Å². The summed E-state index contributed by atoms with van der Waals surface area (Å²) in [6.07, 6.45) is 7.93. The number of likely N-dealkylation sites (N-methyl/N-ethyl adjacent to an activating group) is 1. The minimum atomic E-state index is -0.627. The summed E-state index contributed by atoms with van der Waals surface area (Å²) in [5.74, 6) is 2.19. The quantitative estimate of drug-likeness (QED) is 0.576. The molecule has 2 heterocycles. The van der Waals surface area contributed by atoms with Gasteiger partial charge in [0, 0.05) is 19.1 Å².